The van der Waals surface area contributed by atoms with Crippen molar-refractivity contribution in [1.82, 2.24) is 9.97 Å². The van der Waals surface area contributed by atoms with Crippen molar-refractivity contribution >= 4 is 39.3 Å². The van der Waals surface area contributed by atoms with Gasteiger partial charge in [0, 0.05) is 16.1 Å². The molecule has 0 aliphatic carbocycles. The van der Waals surface area contributed by atoms with Crippen LogP contribution in [-0.2, 0) is 6.18 Å². The van der Waals surface area contributed by atoms with Crippen LogP contribution in [0.25, 0.3) is 33.1 Å². The molecular weight excluding hydrogens is 443 g/mol. The number of hydrogen-bond donors (Lipinski definition) is 1. The van der Waals surface area contributed by atoms with Gasteiger partial charge in [0.25, 0.3) is 0 Å². The van der Waals surface area contributed by atoms with Crippen molar-refractivity contribution < 1.29 is 13.2 Å². The maximum atomic E-state index is 13.9. The highest BCUT2D eigenvalue weighted by atomic mass is 32.2. The third-order valence-corrected chi connectivity index (χ3v) is 6.33. The summed E-state index contributed by atoms with van der Waals surface area (Å²) in [5.41, 5.74) is 7.62. The Labute approximate surface area is 192 Å². The third kappa shape index (κ3) is 4.24. The molecule has 0 spiro atoms. The lowest BCUT2D eigenvalue weighted by Gasteiger charge is -2.16. The number of nitrogens with zero attached hydrogens (tertiary/aromatic N) is 2. The Morgan fingerprint density at radius 2 is 1.42 bits per heavy atom. The van der Waals surface area contributed by atoms with E-state index in [2.05, 4.69) is 4.98 Å². The number of fused-ring (bicyclic) bond motifs is 2. The maximum Gasteiger partial charge on any atom is 0.417 e. The van der Waals surface area contributed by atoms with E-state index in [9.17, 15) is 13.2 Å². The Bertz CT molecular complexity index is 1500. The normalized spacial score (nSPS) is 11.9. The molecule has 5 rings (SSSR count). The fourth-order valence-corrected chi connectivity index (χ4v) is 4.59. The molecule has 0 bridgehead atoms. The number of hydrogen-bond acceptors (Lipinski definition) is 4. The van der Waals surface area contributed by atoms with E-state index in [0.29, 0.717) is 16.1 Å². The third-order valence-electron chi connectivity index (χ3n) is 5.34. The highest BCUT2D eigenvalue weighted by Gasteiger charge is 2.35. The molecule has 1 aromatic heterocycles. The monoisotopic (exact) mass is 461 g/mol. The predicted octanol–water partition coefficient (Wildman–Crippen LogP) is 7.51. The molecule has 0 saturated heterocycles. The quantitative estimate of drug-likeness (QED) is 0.223. The average Bonchev–Trinajstić information content (AvgIpc) is 2.78. The average molecular weight is 462 g/mol. The van der Waals surface area contributed by atoms with E-state index in [1.807, 2.05) is 67.6 Å². The van der Waals surface area contributed by atoms with E-state index < -0.39 is 11.7 Å². The number of nitrogen functional groups attached to an aromatic ring is 1. The van der Waals surface area contributed by atoms with Gasteiger partial charge in [0.15, 0.2) is 0 Å². The number of aryl methyl sites for hydroxylation is 1. The second-order valence-corrected chi connectivity index (χ2v) is 8.85. The summed E-state index contributed by atoms with van der Waals surface area (Å²) in [6.45, 7) is 1.98. The SMILES string of the molecule is Cc1ccc(Sc2nc3cc4ccccc4cc3nc2-c2cc(N)ccc2C(F)(F)F)cc1. The topological polar surface area (TPSA) is 51.8 Å². The molecule has 7 heteroatoms. The summed E-state index contributed by atoms with van der Waals surface area (Å²) in [4.78, 5) is 10.3. The lowest BCUT2D eigenvalue weighted by atomic mass is 10.0. The lowest BCUT2D eigenvalue weighted by molar-refractivity contribution is -0.137. The molecule has 0 atom stereocenters. The van der Waals surface area contributed by atoms with E-state index >= 15 is 0 Å². The van der Waals surface area contributed by atoms with Gasteiger partial charge in [-0.25, -0.2) is 9.97 Å². The summed E-state index contributed by atoms with van der Waals surface area (Å²) in [5.74, 6) is 0. The molecular formula is C26H18F3N3S. The Hall–Kier alpha value is -3.58. The lowest BCUT2D eigenvalue weighted by Crippen LogP contribution is -2.09. The van der Waals surface area contributed by atoms with Crippen LogP contribution in [-0.4, -0.2) is 9.97 Å². The van der Waals surface area contributed by atoms with Gasteiger partial charge in [0.2, 0.25) is 0 Å². The van der Waals surface area contributed by atoms with Gasteiger partial charge in [-0.1, -0.05) is 53.7 Å². The van der Waals surface area contributed by atoms with Crippen molar-refractivity contribution in [2.24, 2.45) is 0 Å². The Kier molecular flexibility index (Phi) is 5.21. The predicted molar refractivity (Wildman–Crippen MR) is 127 cm³/mol. The number of benzene rings is 4. The van der Waals surface area contributed by atoms with Crippen LogP contribution >= 0.6 is 11.8 Å². The van der Waals surface area contributed by atoms with Crippen molar-refractivity contribution in [2.45, 2.75) is 23.0 Å². The minimum atomic E-state index is -4.56. The van der Waals surface area contributed by atoms with Crippen LogP contribution in [0.4, 0.5) is 18.9 Å². The van der Waals surface area contributed by atoms with Crippen LogP contribution in [0.15, 0.2) is 88.8 Å². The van der Waals surface area contributed by atoms with Gasteiger partial charge < -0.3 is 5.73 Å². The molecule has 2 N–H and O–H groups in total. The Balaban J connectivity index is 1.79. The highest BCUT2D eigenvalue weighted by Crippen LogP contribution is 2.42. The maximum absolute atomic E-state index is 13.9. The number of aromatic nitrogens is 2. The second kappa shape index (κ2) is 8.08. The highest BCUT2D eigenvalue weighted by molar-refractivity contribution is 7.99. The standard InChI is InChI=1S/C26H18F3N3S/c1-15-6-9-19(10-7-15)33-25-24(20-14-18(30)8-11-21(20)26(27,28)29)31-22-12-16-4-2-3-5-17(16)13-23(22)32-25/h2-14H,30H2,1H3. The fraction of sp³-hybridized carbons (Fsp3) is 0.0769. The summed E-state index contributed by atoms with van der Waals surface area (Å²) in [5, 5.41) is 2.31. The van der Waals surface area contributed by atoms with Gasteiger partial charge in [-0.3, -0.25) is 0 Å². The van der Waals surface area contributed by atoms with Gasteiger partial charge in [-0.15, -0.1) is 0 Å². The summed E-state index contributed by atoms with van der Waals surface area (Å²) in [6.07, 6.45) is -4.56. The number of nitrogens with two attached hydrogens (primary N) is 1. The molecule has 0 aliphatic heterocycles. The largest absolute Gasteiger partial charge is 0.417 e. The van der Waals surface area contributed by atoms with Crippen molar-refractivity contribution in [3.8, 4) is 11.3 Å². The molecule has 164 valence electrons. The summed E-state index contributed by atoms with van der Waals surface area (Å²) in [6, 6.07) is 22.8. The number of halogens is 3. The van der Waals surface area contributed by atoms with E-state index in [4.69, 9.17) is 10.7 Å². The number of alkyl halides is 3. The number of rotatable bonds is 3. The number of anilines is 1. The second-order valence-electron chi connectivity index (χ2n) is 7.78. The van der Waals surface area contributed by atoms with E-state index in [1.165, 1.54) is 23.9 Å². The minimum absolute atomic E-state index is 0.0836. The first-order chi connectivity index (χ1) is 15.8. The molecule has 4 aromatic carbocycles. The van der Waals surface area contributed by atoms with Crippen LogP contribution in [0, 0.1) is 6.92 Å². The van der Waals surface area contributed by atoms with Crippen molar-refractivity contribution in [1.29, 1.82) is 0 Å². The molecule has 1 heterocycles. The first-order valence-corrected chi connectivity index (χ1v) is 11.0. The molecule has 5 aromatic rings. The van der Waals surface area contributed by atoms with Crippen molar-refractivity contribution in [3.05, 3.63) is 90.0 Å². The molecule has 0 fully saturated rings. The van der Waals surface area contributed by atoms with E-state index in [-0.39, 0.29) is 16.9 Å². The van der Waals surface area contributed by atoms with Crippen LogP contribution in [0.1, 0.15) is 11.1 Å². The van der Waals surface area contributed by atoms with E-state index in [0.717, 1.165) is 27.3 Å². The van der Waals surface area contributed by atoms with Gasteiger partial charge in [-0.2, -0.15) is 13.2 Å². The zero-order valence-corrected chi connectivity index (χ0v) is 18.3. The van der Waals surface area contributed by atoms with Gasteiger partial charge >= 0.3 is 6.18 Å². The molecule has 0 saturated carbocycles. The van der Waals surface area contributed by atoms with Gasteiger partial charge in [0.05, 0.1) is 16.6 Å². The molecule has 0 aliphatic rings. The minimum Gasteiger partial charge on any atom is -0.399 e. The molecule has 0 amide bonds. The fourth-order valence-electron chi connectivity index (χ4n) is 3.70. The first-order valence-electron chi connectivity index (χ1n) is 10.2. The van der Waals surface area contributed by atoms with Crippen LogP contribution in [0.5, 0.6) is 0 Å². The zero-order valence-electron chi connectivity index (χ0n) is 17.5. The zero-order chi connectivity index (χ0) is 23.2. The molecule has 0 unspecified atom stereocenters. The van der Waals surface area contributed by atoms with Gasteiger partial charge in [0.1, 0.15) is 10.7 Å². The van der Waals surface area contributed by atoms with Crippen molar-refractivity contribution in [2.75, 3.05) is 5.73 Å². The van der Waals surface area contributed by atoms with Crippen LogP contribution in [0.2, 0.25) is 0 Å². The Morgan fingerprint density at radius 3 is 2.06 bits per heavy atom. The summed E-state index contributed by atoms with van der Waals surface area (Å²) < 4.78 is 41.7. The summed E-state index contributed by atoms with van der Waals surface area (Å²) in [7, 11) is 0. The van der Waals surface area contributed by atoms with Gasteiger partial charge in [-0.05, 0) is 60.2 Å². The van der Waals surface area contributed by atoms with E-state index in [1.54, 1.807) is 0 Å². The van der Waals surface area contributed by atoms with Crippen LogP contribution in [0.3, 0.4) is 0 Å². The van der Waals surface area contributed by atoms with Crippen LogP contribution < -0.4 is 5.73 Å². The molecule has 0 radical (unpaired) electrons. The smallest absolute Gasteiger partial charge is 0.399 e. The molecule has 3 nitrogen and oxygen atoms in total. The Morgan fingerprint density at radius 1 is 0.788 bits per heavy atom. The molecule has 33 heavy (non-hydrogen) atoms. The van der Waals surface area contributed by atoms with Crippen molar-refractivity contribution in [3.63, 3.8) is 0 Å². The first kappa shape index (κ1) is 21.3. The summed E-state index contributed by atoms with van der Waals surface area (Å²) >= 11 is 1.28.